The van der Waals surface area contributed by atoms with Gasteiger partial charge in [-0.1, -0.05) is 12.1 Å². The number of halogens is 3. The number of alkyl halides is 3. The summed E-state index contributed by atoms with van der Waals surface area (Å²) in [4.78, 5) is 0. The van der Waals surface area contributed by atoms with Crippen LogP contribution < -0.4 is 4.74 Å². The predicted octanol–water partition coefficient (Wildman–Crippen LogP) is 2.14. The highest BCUT2D eigenvalue weighted by atomic mass is 19.4. The van der Waals surface area contributed by atoms with E-state index in [9.17, 15) is 13.2 Å². The standard InChI is InChI=1S/C11H13F3O3/c12-11(13,14)8-16-4-5-17-10-3-1-2-9(6-10)7-15/h1-3,6,15H,4-5,7-8H2. The molecule has 1 aromatic rings. The molecule has 0 aliphatic heterocycles. The zero-order chi connectivity index (χ0) is 12.7. The molecule has 1 N–H and O–H groups in total. The third kappa shape index (κ3) is 6.13. The number of ether oxygens (including phenoxy) is 2. The van der Waals surface area contributed by atoms with Gasteiger partial charge in [0.2, 0.25) is 0 Å². The summed E-state index contributed by atoms with van der Waals surface area (Å²) in [5, 5.41) is 8.86. The maximum atomic E-state index is 11.7. The highest BCUT2D eigenvalue weighted by Crippen LogP contribution is 2.15. The fourth-order valence-corrected chi connectivity index (χ4v) is 1.14. The van der Waals surface area contributed by atoms with E-state index in [0.717, 1.165) is 0 Å². The molecule has 1 aromatic carbocycles. The lowest BCUT2D eigenvalue weighted by Gasteiger charge is -2.09. The lowest BCUT2D eigenvalue weighted by molar-refractivity contribution is -0.175. The van der Waals surface area contributed by atoms with E-state index in [1.54, 1.807) is 24.3 Å². The monoisotopic (exact) mass is 250 g/mol. The zero-order valence-corrected chi connectivity index (χ0v) is 9.04. The molecule has 0 aliphatic carbocycles. The summed E-state index contributed by atoms with van der Waals surface area (Å²) in [5.41, 5.74) is 0.679. The lowest BCUT2D eigenvalue weighted by Crippen LogP contribution is -2.19. The Labute approximate surface area is 96.8 Å². The van der Waals surface area contributed by atoms with Crippen LogP contribution in [0, 0.1) is 0 Å². The van der Waals surface area contributed by atoms with Gasteiger partial charge in [-0.15, -0.1) is 0 Å². The van der Waals surface area contributed by atoms with Crippen molar-refractivity contribution in [2.45, 2.75) is 12.8 Å². The van der Waals surface area contributed by atoms with Gasteiger partial charge in [0.25, 0.3) is 0 Å². The lowest BCUT2D eigenvalue weighted by atomic mass is 10.2. The Kier molecular flexibility index (Phi) is 5.24. The molecule has 0 bridgehead atoms. The highest BCUT2D eigenvalue weighted by molar-refractivity contribution is 5.27. The third-order valence-electron chi connectivity index (χ3n) is 1.84. The Balaban J connectivity index is 2.22. The first-order valence-corrected chi connectivity index (χ1v) is 4.98. The number of hydrogen-bond donors (Lipinski definition) is 1. The minimum Gasteiger partial charge on any atom is -0.491 e. The molecular weight excluding hydrogens is 237 g/mol. The smallest absolute Gasteiger partial charge is 0.411 e. The molecule has 17 heavy (non-hydrogen) atoms. The van der Waals surface area contributed by atoms with Crippen LogP contribution in [0.25, 0.3) is 0 Å². The quantitative estimate of drug-likeness (QED) is 0.786. The first-order valence-electron chi connectivity index (χ1n) is 4.98. The van der Waals surface area contributed by atoms with Crippen molar-refractivity contribution in [3.8, 4) is 5.75 Å². The van der Waals surface area contributed by atoms with E-state index in [1.165, 1.54) is 0 Å². The van der Waals surface area contributed by atoms with Gasteiger partial charge in [-0.2, -0.15) is 13.2 Å². The fourth-order valence-electron chi connectivity index (χ4n) is 1.14. The highest BCUT2D eigenvalue weighted by Gasteiger charge is 2.27. The van der Waals surface area contributed by atoms with Gasteiger partial charge in [-0.25, -0.2) is 0 Å². The number of benzene rings is 1. The zero-order valence-electron chi connectivity index (χ0n) is 9.04. The third-order valence-corrected chi connectivity index (χ3v) is 1.84. The Morgan fingerprint density at radius 1 is 1.18 bits per heavy atom. The summed E-state index contributed by atoms with van der Waals surface area (Å²) >= 11 is 0. The van der Waals surface area contributed by atoms with Crippen molar-refractivity contribution < 1.29 is 27.8 Å². The van der Waals surface area contributed by atoms with Gasteiger partial charge < -0.3 is 14.6 Å². The van der Waals surface area contributed by atoms with E-state index >= 15 is 0 Å². The average Bonchev–Trinajstić information content (AvgIpc) is 2.27. The van der Waals surface area contributed by atoms with E-state index in [-0.39, 0.29) is 19.8 Å². The van der Waals surface area contributed by atoms with E-state index in [2.05, 4.69) is 4.74 Å². The van der Waals surface area contributed by atoms with Crippen LogP contribution in [0.3, 0.4) is 0 Å². The van der Waals surface area contributed by atoms with Crippen LogP contribution in [0.5, 0.6) is 5.75 Å². The Bertz CT molecular complexity index is 339. The van der Waals surface area contributed by atoms with Crippen LogP contribution in [-0.4, -0.2) is 31.1 Å². The number of aliphatic hydroxyl groups excluding tert-OH is 1. The van der Waals surface area contributed by atoms with Crippen LogP contribution in [-0.2, 0) is 11.3 Å². The molecule has 0 amide bonds. The van der Waals surface area contributed by atoms with E-state index < -0.39 is 12.8 Å². The molecule has 6 heteroatoms. The normalized spacial score (nSPS) is 11.5. The maximum absolute atomic E-state index is 11.7. The summed E-state index contributed by atoms with van der Waals surface area (Å²) < 4.78 is 44.7. The summed E-state index contributed by atoms with van der Waals surface area (Å²) in [6.07, 6.45) is -4.31. The second-order valence-corrected chi connectivity index (χ2v) is 3.32. The Hall–Kier alpha value is -1.27. The van der Waals surface area contributed by atoms with Crippen molar-refractivity contribution >= 4 is 0 Å². The molecule has 0 atom stereocenters. The second kappa shape index (κ2) is 6.46. The summed E-state index contributed by atoms with van der Waals surface area (Å²) in [6, 6.07) is 6.68. The Morgan fingerprint density at radius 3 is 2.59 bits per heavy atom. The Morgan fingerprint density at radius 2 is 1.94 bits per heavy atom. The van der Waals surface area contributed by atoms with Gasteiger partial charge in [0.05, 0.1) is 13.2 Å². The molecule has 96 valence electrons. The predicted molar refractivity (Wildman–Crippen MR) is 54.7 cm³/mol. The van der Waals surface area contributed by atoms with Gasteiger partial charge in [0.1, 0.15) is 19.0 Å². The molecule has 0 aliphatic rings. The van der Waals surface area contributed by atoms with Gasteiger partial charge >= 0.3 is 6.18 Å². The van der Waals surface area contributed by atoms with Gasteiger partial charge in [0.15, 0.2) is 0 Å². The van der Waals surface area contributed by atoms with Gasteiger partial charge in [0, 0.05) is 0 Å². The van der Waals surface area contributed by atoms with Gasteiger partial charge in [-0.3, -0.25) is 0 Å². The fraction of sp³-hybridized carbons (Fsp3) is 0.455. The molecule has 0 spiro atoms. The molecule has 0 saturated carbocycles. The summed E-state index contributed by atoms with van der Waals surface area (Å²) in [5.74, 6) is 0.493. The molecule has 1 rings (SSSR count). The summed E-state index contributed by atoms with van der Waals surface area (Å²) in [7, 11) is 0. The van der Waals surface area contributed by atoms with E-state index in [0.29, 0.717) is 11.3 Å². The van der Waals surface area contributed by atoms with Crippen molar-refractivity contribution in [3.05, 3.63) is 29.8 Å². The SMILES string of the molecule is OCc1cccc(OCCOCC(F)(F)F)c1. The van der Waals surface area contributed by atoms with Crippen LogP contribution in [0.2, 0.25) is 0 Å². The topological polar surface area (TPSA) is 38.7 Å². The van der Waals surface area contributed by atoms with Crippen LogP contribution in [0.1, 0.15) is 5.56 Å². The van der Waals surface area contributed by atoms with Crippen molar-refractivity contribution in [2.75, 3.05) is 19.8 Å². The molecule has 0 fully saturated rings. The molecule has 0 aromatic heterocycles. The first kappa shape index (κ1) is 13.8. The molecule has 0 heterocycles. The number of hydrogen-bond acceptors (Lipinski definition) is 3. The van der Waals surface area contributed by atoms with E-state index in [4.69, 9.17) is 9.84 Å². The molecule has 0 unspecified atom stereocenters. The minimum absolute atomic E-state index is 0.0327. The van der Waals surface area contributed by atoms with Crippen molar-refractivity contribution in [1.29, 1.82) is 0 Å². The molecule has 3 nitrogen and oxygen atoms in total. The molecule has 0 radical (unpaired) electrons. The van der Waals surface area contributed by atoms with Crippen molar-refractivity contribution in [2.24, 2.45) is 0 Å². The van der Waals surface area contributed by atoms with Crippen molar-refractivity contribution in [1.82, 2.24) is 0 Å². The molecule has 0 saturated heterocycles. The molecular formula is C11H13F3O3. The minimum atomic E-state index is -4.31. The van der Waals surface area contributed by atoms with E-state index in [1.807, 2.05) is 0 Å². The van der Waals surface area contributed by atoms with Crippen LogP contribution >= 0.6 is 0 Å². The van der Waals surface area contributed by atoms with Gasteiger partial charge in [-0.05, 0) is 17.7 Å². The number of rotatable bonds is 6. The average molecular weight is 250 g/mol. The number of aliphatic hydroxyl groups is 1. The van der Waals surface area contributed by atoms with Crippen LogP contribution in [0.15, 0.2) is 24.3 Å². The van der Waals surface area contributed by atoms with Crippen LogP contribution in [0.4, 0.5) is 13.2 Å². The first-order chi connectivity index (χ1) is 8.01. The maximum Gasteiger partial charge on any atom is 0.411 e. The summed E-state index contributed by atoms with van der Waals surface area (Å²) in [6.45, 7) is -1.48. The largest absolute Gasteiger partial charge is 0.491 e. The van der Waals surface area contributed by atoms with Crippen molar-refractivity contribution in [3.63, 3.8) is 0 Å². The second-order valence-electron chi connectivity index (χ2n) is 3.32.